The Hall–Kier alpha value is -3.73. The van der Waals surface area contributed by atoms with Crippen LogP contribution in [0, 0.1) is 20.8 Å². The molecule has 1 N–H and O–H groups in total. The Morgan fingerprint density at radius 2 is 1.61 bits per heavy atom. The molecule has 0 fully saturated rings. The van der Waals surface area contributed by atoms with E-state index in [2.05, 4.69) is 5.32 Å². The lowest BCUT2D eigenvalue weighted by Gasteiger charge is -2.22. The number of rotatable bonds is 4. The molecule has 0 aliphatic carbocycles. The largest absolute Gasteiger partial charge is 0.324 e. The lowest BCUT2D eigenvalue weighted by molar-refractivity contribution is -0.120. The minimum Gasteiger partial charge on any atom is -0.324 e. The predicted octanol–water partition coefficient (Wildman–Crippen LogP) is 5.11. The number of hydrogen-bond acceptors (Lipinski definition) is 3. The van der Waals surface area contributed by atoms with Gasteiger partial charge in [-0.3, -0.25) is 14.6 Å². The third-order valence-electron chi connectivity index (χ3n) is 5.48. The molecule has 0 aromatic heterocycles. The zero-order chi connectivity index (χ0) is 22.0. The summed E-state index contributed by atoms with van der Waals surface area (Å²) < 4.78 is 0. The molecule has 0 saturated carbocycles. The number of aryl methyl sites for hydroxylation is 3. The van der Waals surface area contributed by atoms with Crippen LogP contribution < -0.4 is 10.2 Å². The van der Waals surface area contributed by atoms with Crippen molar-refractivity contribution >= 4 is 34.6 Å². The van der Waals surface area contributed by atoms with Crippen molar-refractivity contribution in [3.63, 3.8) is 0 Å². The fraction of sp³-hybridized carbons (Fsp3) is 0.192. The highest BCUT2D eigenvalue weighted by molar-refractivity contribution is 6.19. The average molecular weight is 412 g/mol. The van der Waals surface area contributed by atoms with Crippen LogP contribution in [0.3, 0.4) is 0 Å². The number of amides is 2. The molecule has 0 radical (unpaired) electrons. The van der Waals surface area contributed by atoms with Crippen molar-refractivity contribution in [3.8, 4) is 0 Å². The predicted molar refractivity (Wildman–Crippen MR) is 125 cm³/mol. The highest BCUT2D eigenvalue weighted by atomic mass is 16.2. The SMILES string of the molecule is Cc1ccc(C2=Nc3ccccc3N(CC(=O)Nc3c(C)cccc3C)C(=O)C2)cc1. The molecule has 0 saturated heterocycles. The summed E-state index contributed by atoms with van der Waals surface area (Å²) in [4.78, 5) is 32.4. The Bertz CT molecular complexity index is 1160. The Kier molecular flexibility index (Phi) is 5.67. The second-order valence-corrected chi connectivity index (χ2v) is 7.88. The number of aliphatic imine (C=N–C) groups is 1. The van der Waals surface area contributed by atoms with Gasteiger partial charge in [-0.05, 0) is 49.6 Å². The van der Waals surface area contributed by atoms with Crippen molar-refractivity contribution in [1.29, 1.82) is 0 Å². The lowest BCUT2D eigenvalue weighted by atomic mass is 10.1. The van der Waals surface area contributed by atoms with Gasteiger partial charge in [0.15, 0.2) is 0 Å². The maximum absolute atomic E-state index is 13.2. The van der Waals surface area contributed by atoms with Crippen LogP contribution in [0.1, 0.15) is 28.7 Å². The number of nitrogens with zero attached hydrogens (tertiary/aromatic N) is 2. The van der Waals surface area contributed by atoms with Gasteiger partial charge in [-0.25, -0.2) is 0 Å². The van der Waals surface area contributed by atoms with Gasteiger partial charge in [0.2, 0.25) is 11.8 Å². The van der Waals surface area contributed by atoms with E-state index in [0.29, 0.717) is 17.1 Å². The number of para-hydroxylation sites is 3. The highest BCUT2D eigenvalue weighted by Gasteiger charge is 2.26. The molecule has 1 heterocycles. The normalized spacial score (nSPS) is 13.3. The maximum Gasteiger partial charge on any atom is 0.244 e. The number of nitrogens with one attached hydrogen (secondary N) is 1. The summed E-state index contributed by atoms with van der Waals surface area (Å²) >= 11 is 0. The molecule has 31 heavy (non-hydrogen) atoms. The fourth-order valence-electron chi connectivity index (χ4n) is 3.76. The maximum atomic E-state index is 13.2. The van der Waals surface area contributed by atoms with E-state index in [4.69, 9.17) is 4.99 Å². The summed E-state index contributed by atoms with van der Waals surface area (Å²) in [7, 11) is 0. The van der Waals surface area contributed by atoms with E-state index in [1.165, 1.54) is 4.90 Å². The lowest BCUT2D eigenvalue weighted by Crippen LogP contribution is -2.38. The zero-order valence-corrected chi connectivity index (χ0v) is 18.0. The van der Waals surface area contributed by atoms with E-state index in [-0.39, 0.29) is 24.8 Å². The number of hydrogen-bond donors (Lipinski definition) is 1. The highest BCUT2D eigenvalue weighted by Crippen LogP contribution is 2.33. The smallest absolute Gasteiger partial charge is 0.244 e. The molecule has 4 rings (SSSR count). The average Bonchev–Trinajstić information content (AvgIpc) is 2.88. The number of carbonyl (C=O) groups excluding carboxylic acids is 2. The topological polar surface area (TPSA) is 61.8 Å². The van der Waals surface area contributed by atoms with Gasteiger partial charge >= 0.3 is 0 Å². The minimum atomic E-state index is -0.237. The van der Waals surface area contributed by atoms with E-state index in [0.717, 1.165) is 27.9 Å². The molecule has 0 bridgehead atoms. The van der Waals surface area contributed by atoms with Crippen LogP contribution in [0.4, 0.5) is 17.1 Å². The minimum absolute atomic E-state index is 0.0691. The summed E-state index contributed by atoms with van der Waals surface area (Å²) in [6.45, 7) is 5.86. The third kappa shape index (κ3) is 4.40. The van der Waals surface area contributed by atoms with Crippen LogP contribution in [-0.2, 0) is 9.59 Å². The first kappa shape index (κ1) is 20.5. The van der Waals surface area contributed by atoms with Gasteiger partial charge in [0, 0.05) is 5.69 Å². The number of benzene rings is 3. The molecule has 156 valence electrons. The van der Waals surface area contributed by atoms with Crippen LogP contribution in [0.15, 0.2) is 71.7 Å². The van der Waals surface area contributed by atoms with Crippen LogP contribution >= 0.6 is 0 Å². The standard InChI is InChI=1S/C26H25N3O2/c1-17-11-13-20(14-12-17)22-15-25(31)29(23-10-5-4-9-21(23)27-22)16-24(30)28-26-18(2)7-6-8-19(26)3/h4-14H,15-16H2,1-3H3,(H,28,30). The number of fused-ring (bicyclic) bond motifs is 1. The number of anilines is 2. The molecule has 1 aliphatic heterocycles. The first-order chi connectivity index (χ1) is 14.9. The van der Waals surface area contributed by atoms with Crippen molar-refractivity contribution in [3.05, 3.63) is 89.0 Å². The molecule has 5 nitrogen and oxygen atoms in total. The zero-order valence-electron chi connectivity index (χ0n) is 18.0. The van der Waals surface area contributed by atoms with Gasteiger partial charge in [0.05, 0.1) is 23.5 Å². The van der Waals surface area contributed by atoms with Gasteiger partial charge in [-0.1, -0.05) is 60.2 Å². The first-order valence-corrected chi connectivity index (χ1v) is 10.3. The van der Waals surface area contributed by atoms with Crippen molar-refractivity contribution in [2.75, 3.05) is 16.8 Å². The molecule has 0 spiro atoms. The van der Waals surface area contributed by atoms with Crippen molar-refractivity contribution in [2.45, 2.75) is 27.2 Å². The van der Waals surface area contributed by atoms with E-state index in [1.807, 2.05) is 87.5 Å². The third-order valence-corrected chi connectivity index (χ3v) is 5.48. The molecular formula is C26H25N3O2. The van der Waals surface area contributed by atoms with Crippen molar-refractivity contribution in [2.24, 2.45) is 4.99 Å². The summed E-state index contributed by atoms with van der Waals surface area (Å²) in [6, 6.07) is 21.3. The molecule has 0 unspecified atom stereocenters. The van der Waals surface area contributed by atoms with Crippen molar-refractivity contribution < 1.29 is 9.59 Å². The molecule has 3 aromatic rings. The quantitative estimate of drug-likeness (QED) is 0.649. The van der Waals surface area contributed by atoms with Gasteiger partial charge < -0.3 is 10.2 Å². The summed E-state index contributed by atoms with van der Waals surface area (Å²) in [5.41, 5.74) is 6.86. The van der Waals surface area contributed by atoms with Gasteiger partial charge in [-0.15, -0.1) is 0 Å². The molecule has 5 heteroatoms. The Labute approximate surface area is 182 Å². The summed E-state index contributed by atoms with van der Waals surface area (Å²) in [5.74, 6) is -0.389. The van der Waals surface area contributed by atoms with Gasteiger partial charge in [0.1, 0.15) is 6.54 Å². The molecule has 3 aromatic carbocycles. The first-order valence-electron chi connectivity index (χ1n) is 10.3. The monoisotopic (exact) mass is 411 g/mol. The van der Waals surface area contributed by atoms with Crippen LogP contribution in [0.5, 0.6) is 0 Å². The fourth-order valence-corrected chi connectivity index (χ4v) is 3.76. The molecule has 0 atom stereocenters. The Balaban J connectivity index is 1.62. The van der Waals surface area contributed by atoms with E-state index >= 15 is 0 Å². The van der Waals surface area contributed by atoms with Gasteiger partial charge in [0.25, 0.3) is 0 Å². The number of carbonyl (C=O) groups is 2. The Morgan fingerprint density at radius 1 is 0.935 bits per heavy atom. The second-order valence-electron chi connectivity index (χ2n) is 7.88. The molecular weight excluding hydrogens is 386 g/mol. The second kappa shape index (κ2) is 8.56. The summed E-state index contributed by atoms with van der Waals surface area (Å²) in [5, 5.41) is 2.98. The molecule has 2 amide bonds. The van der Waals surface area contributed by atoms with E-state index in [9.17, 15) is 9.59 Å². The van der Waals surface area contributed by atoms with E-state index < -0.39 is 0 Å². The van der Waals surface area contributed by atoms with Crippen LogP contribution in [0.2, 0.25) is 0 Å². The van der Waals surface area contributed by atoms with Crippen LogP contribution in [-0.4, -0.2) is 24.1 Å². The molecule has 1 aliphatic rings. The van der Waals surface area contributed by atoms with Gasteiger partial charge in [-0.2, -0.15) is 0 Å². The summed E-state index contributed by atoms with van der Waals surface area (Å²) in [6.07, 6.45) is 0.133. The van der Waals surface area contributed by atoms with Crippen molar-refractivity contribution in [1.82, 2.24) is 0 Å². The Morgan fingerprint density at radius 3 is 2.32 bits per heavy atom. The van der Waals surface area contributed by atoms with Crippen LogP contribution in [0.25, 0.3) is 0 Å². The van der Waals surface area contributed by atoms with E-state index in [1.54, 1.807) is 0 Å².